The lowest BCUT2D eigenvalue weighted by atomic mass is 9.94. The SMILES string of the molecule is O=C(O)c1ccc(C(=O)O)c(OC2(C#Cc3ccccc3)C=CC=CC2)c1. The van der Waals surface area contributed by atoms with Crippen molar-refractivity contribution in [1.29, 1.82) is 0 Å². The molecule has 2 N–H and O–H groups in total. The van der Waals surface area contributed by atoms with Gasteiger partial charge in [-0.2, -0.15) is 0 Å². The first-order chi connectivity index (χ1) is 13.0. The fourth-order valence-electron chi connectivity index (χ4n) is 2.61. The van der Waals surface area contributed by atoms with Gasteiger partial charge >= 0.3 is 11.9 Å². The molecule has 0 amide bonds. The van der Waals surface area contributed by atoms with Crippen molar-refractivity contribution in [2.24, 2.45) is 0 Å². The molecule has 0 aromatic heterocycles. The Kier molecular flexibility index (Phi) is 5.09. The van der Waals surface area contributed by atoms with E-state index >= 15 is 0 Å². The molecule has 0 saturated carbocycles. The standard InChI is InChI=1S/C22H16O5/c23-20(24)17-9-10-18(21(25)26)19(15-17)27-22(12-5-2-6-13-22)14-11-16-7-3-1-4-8-16/h1-10,12,15H,13H2,(H,23,24)(H,25,26). The van der Waals surface area contributed by atoms with E-state index in [9.17, 15) is 19.8 Å². The molecular formula is C22H16O5. The van der Waals surface area contributed by atoms with E-state index in [1.54, 1.807) is 12.2 Å². The Labute approximate surface area is 156 Å². The topological polar surface area (TPSA) is 83.8 Å². The smallest absolute Gasteiger partial charge is 0.339 e. The molecule has 0 radical (unpaired) electrons. The zero-order chi connectivity index (χ0) is 19.3. The third kappa shape index (κ3) is 4.25. The maximum absolute atomic E-state index is 11.5. The first-order valence-corrected chi connectivity index (χ1v) is 8.21. The van der Waals surface area contributed by atoms with Gasteiger partial charge in [-0.1, -0.05) is 42.3 Å². The average molecular weight is 360 g/mol. The fourth-order valence-corrected chi connectivity index (χ4v) is 2.61. The molecule has 1 aliphatic rings. The van der Waals surface area contributed by atoms with Gasteiger partial charge in [-0.25, -0.2) is 9.59 Å². The molecule has 1 atom stereocenters. The first-order valence-electron chi connectivity index (χ1n) is 8.21. The number of benzene rings is 2. The van der Waals surface area contributed by atoms with E-state index in [1.807, 2.05) is 42.5 Å². The van der Waals surface area contributed by atoms with Crippen molar-refractivity contribution in [1.82, 2.24) is 0 Å². The summed E-state index contributed by atoms with van der Waals surface area (Å²) in [6.45, 7) is 0. The van der Waals surface area contributed by atoms with Crippen LogP contribution in [0.4, 0.5) is 0 Å². The molecule has 0 spiro atoms. The van der Waals surface area contributed by atoms with Crippen LogP contribution in [-0.2, 0) is 0 Å². The van der Waals surface area contributed by atoms with Crippen LogP contribution in [0.25, 0.3) is 0 Å². The predicted octanol–water partition coefficient (Wildman–Crippen LogP) is 3.77. The van der Waals surface area contributed by atoms with Crippen molar-refractivity contribution in [3.05, 3.63) is 89.5 Å². The molecule has 27 heavy (non-hydrogen) atoms. The summed E-state index contributed by atoms with van der Waals surface area (Å²) < 4.78 is 5.99. The second kappa shape index (κ2) is 7.63. The molecule has 0 heterocycles. The highest BCUT2D eigenvalue weighted by Crippen LogP contribution is 2.29. The van der Waals surface area contributed by atoms with Crippen molar-refractivity contribution in [3.63, 3.8) is 0 Å². The summed E-state index contributed by atoms with van der Waals surface area (Å²) in [6.07, 6.45) is 7.62. The first kappa shape index (κ1) is 18.0. The van der Waals surface area contributed by atoms with Crippen LogP contribution in [0.5, 0.6) is 5.75 Å². The third-order valence-electron chi connectivity index (χ3n) is 3.98. The van der Waals surface area contributed by atoms with E-state index in [2.05, 4.69) is 11.8 Å². The molecular weight excluding hydrogens is 344 g/mol. The van der Waals surface area contributed by atoms with Crippen LogP contribution >= 0.6 is 0 Å². The van der Waals surface area contributed by atoms with E-state index in [0.29, 0.717) is 6.42 Å². The number of carbonyl (C=O) groups is 2. The largest absolute Gasteiger partial charge is 0.478 e. The Bertz CT molecular complexity index is 992. The molecule has 134 valence electrons. The molecule has 1 aliphatic carbocycles. The van der Waals surface area contributed by atoms with E-state index in [0.717, 1.165) is 5.56 Å². The van der Waals surface area contributed by atoms with E-state index in [-0.39, 0.29) is 16.9 Å². The Morgan fingerprint density at radius 3 is 2.41 bits per heavy atom. The van der Waals surface area contributed by atoms with Gasteiger partial charge in [-0.3, -0.25) is 0 Å². The molecule has 0 bridgehead atoms. The molecule has 0 fully saturated rings. The number of hydrogen-bond donors (Lipinski definition) is 2. The maximum atomic E-state index is 11.5. The highest BCUT2D eigenvalue weighted by Gasteiger charge is 2.29. The van der Waals surface area contributed by atoms with Crippen LogP contribution in [0.1, 0.15) is 32.7 Å². The Balaban J connectivity index is 2.03. The summed E-state index contributed by atoms with van der Waals surface area (Å²) >= 11 is 0. The van der Waals surface area contributed by atoms with Crippen LogP contribution in [0.15, 0.2) is 72.8 Å². The molecule has 5 nitrogen and oxygen atoms in total. The minimum Gasteiger partial charge on any atom is -0.478 e. The van der Waals surface area contributed by atoms with Crippen LogP contribution in [0.3, 0.4) is 0 Å². The summed E-state index contributed by atoms with van der Waals surface area (Å²) in [5.41, 5.74) is -0.479. The average Bonchev–Trinajstić information content (AvgIpc) is 2.68. The lowest BCUT2D eigenvalue weighted by Crippen LogP contribution is -2.33. The maximum Gasteiger partial charge on any atom is 0.339 e. The summed E-state index contributed by atoms with van der Waals surface area (Å²) in [5.74, 6) is 3.69. The normalized spacial score (nSPS) is 17.6. The van der Waals surface area contributed by atoms with Gasteiger partial charge in [-0.05, 0) is 42.3 Å². The lowest BCUT2D eigenvalue weighted by Gasteiger charge is -2.28. The van der Waals surface area contributed by atoms with Crippen LogP contribution < -0.4 is 4.74 Å². The molecule has 2 aromatic carbocycles. The molecule has 0 aliphatic heterocycles. The number of rotatable bonds is 4. The highest BCUT2D eigenvalue weighted by molar-refractivity contribution is 5.94. The van der Waals surface area contributed by atoms with Gasteiger partial charge in [0.1, 0.15) is 11.3 Å². The summed E-state index contributed by atoms with van der Waals surface area (Å²) in [4.78, 5) is 22.8. The zero-order valence-electron chi connectivity index (χ0n) is 14.3. The predicted molar refractivity (Wildman–Crippen MR) is 99.9 cm³/mol. The lowest BCUT2D eigenvalue weighted by molar-refractivity contribution is 0.0672. The number of ether oxygens (including phenoxy) is 1. The van der Waals surface area contributed by atoms with Crippen molar-refractivity contribution >= 4 is 11.9 Å². The van der Waals surface area contributed by atoms with Gasteiger partial charge in [0.2, 0.25) is 0 Å². The second-order valence-electron chi connectivity index (χ2n) is 5.92. The zero-order valence-corrected chi connectivity index (χ0v) is 14.3. The van der Waals surface area contributed by atoms with Crippen LogP contribution in [0.2, 0.25) is 0 Å². The summed E-state index contributed by atoms with van der Waals surface area (Å²) in [7, 11) is 0. The fraction of sp³-hybridized carbons (Fsp3) is 0.0909. The van der Waals surface area contributed by atoms with Gasteiger partial charge in [0.25, 0.3) is 0 Å². The molecule has 0 saturated heterocycles. The van der Waals surface area contributed by atoms with Crippen LogP contribution in [-0.4, -0.2) is 27.8 Å². The molecule has 1 unspecified atom stereocenters. The van der Waals surface area contributed by atoms with Gasteiger partial charge in [0, 0.05) is 12.0 Å². The van der Waals surface area contributed by atoms with Gasteiger partial charge in [0.05, 0.1) is 5.56 Å². The van der Waals surface area contributed by atoms with Crippen molar-refractivity contribution in [2.75, 3.05) is 0 Å². The van der Waals surface area contributed by atoms with Crippen molar-refractivity contribution in [3.8, 4) is 17.6 Å². The van der Waals surface area contributed by atoms with Crippen LogP contribution in [0, 0.1) is 11.8 Å². The Morgan fingerprint density at radius 2 is 1.78 bits per heavy atom. The van der Waals surface area contributed by atoms with E-state index in [1.165, 1.54) is 18.2 Å². The highest BCUT2D eigenvalue weighted by atomic mass is 16.5. The van der Waals surface area contributed by atoms with Gasteiger partial charge < -0.3 is 14.9 Å². The number of carboxylic acid groups (broad SMARTS) is 2. The molecule has 2 aromatic rings. The minimum atomic E-state index is -1.21. The number of allylic oxidation sites excluding steroid dienone is 2. The minimum absolute atomic E-state index is 0.0373. The van der Waals surface area contributed by atoms with Crippen molar-refractivity contribution in [2.45, 2.75) is 12.0 Å². The Morgan fingerprint density at radius 1 is 1.00 bits per heavy atom. The number of aromatic carboxylic acids is 2. The summed E-state index contributed by atoms with van der Waals surface area (Å²) in [5, 5.41) is 18.6. The molecule has 5 heteroatoms. The van der Waals surface area contributed by atoms with E-state index in [4.69, 9.17) is 4.74 Å². The number of carboxylic acids is 2. The van der Waals surface area contributed by atoms with Crippen molar-refractivity contribution < 1.29 is 24.5 Å². The molecule has 3 rings (SSSR count). The monoisotopic (exact) mass is 360 g/mol. The second-order valence-corrected chi connectivity index (χ2v) is 5.92. The summed E-state index contributed by atoms with van der Waals surface area (Å²) in [6, 6.07) is 13.0. The third-order valence-corrected chi connectivity index (χ3v) is 3.98. The Hall–Kier alpha value is -3.78. The van der Waals surface area contributed by atoms with E-state index < -0.39 is 17.5 Å². The quantitative estimate of drug-likeness (QED) is 0.811. The van der Waals surface area contributed by atoms with Gasteiger partial charge in [-0.15, -0.1) is 0 Å². The van der Waals surface area contributed by atoms with Gasteiger partial charge in [0.15, 0.2) is 5.60 Å². The number of hydrogen-bond acceptors (Lipinski definition) is 3.